The van der Waals surface area contributed by atoms with E-state index in [9.17, 15) is 4.79 Å². The Bertz CT molecular complexity index is 1680. The van der Waals surface area contributed by atoms with Crippen LogP contribution < -0.4 is 10.6 Å². The first-order chi connectivity index (χ1) is 15.7. The van der Waals surface area contributed by atoms with Gasteiger partial charge in [-0.3, -0.25) is 9.20 Å². The summed E-state index contributed by atoms with van der Waals surface area (Å²) in [5, 5.41) is 7.77. The third-order valence-electron chi connectivity index (χ3n) is 5.91. The monoisotopic (exact) mass is 421 g/mol. The van der Waals surface area contributed by atoms with Crippen LogP contribution in [0.25, 0.3) is 49.7 Å². The Morgan fingerprint density at radius 1 is 1.03 bits per heavy atom. The van der Waals surface area contributed by atoms with Crippen molar-refractivity contribution in [2.24, 2.45) is 0 Å². The fourth-order valence-electron chi connectivity index (χ4n) is 4.30. The van der Waals surface area contributed by atoms with E-state index >= 15 is 0 Å². The second-order valence-electron chi connectivity index (χ2n) is 7.64. The van der Waals surface area contributed by atoms with Crippen molar-refractivity contribution in [1.82, 2.24) is 19.7 Å². The number of furan rings is 1. The first-order valence-corrected chi connectivity index (χ1v) is 10.3. The number of anilines is 1. The zero-order valence-corrected chi connectivity index (χ0v) is 17.5. The Hall–Kier alpha value is -4.39. The Balaban J connectivity index is 1.63. The second-order valence-corrected chi connectivity index (χ2v) is 7.64. The maximum atomic E-state index is 12.3. The average Bonchev–Trinajstić information content (AvgIpc) is 3.43. The second kappa shape index (κ2) is 6.81. The summed E-state index contributed by atoms with van der Waals surface area (Å²) in [6.07, 6.45) is 3.33. The number of carbonyl (C=O) groups is 1. The van der Waals surface area contributed by atoms with Gasteiger partial charge in [0.05, 0.1) is 27.8 Å². The molecule has 0 saturated heterocycles. The molecule has 4 heterocycles. The van der Waals surface area contributed by atoms with E-state index < -0.39 is 0 Å². The Kier molecular flexibility index (Phi) is 3.91. The van der Waals surface area contributed by atoms with Crippen LogP contribution in [0.2, 0.25) is 0 Å². The molecule has 0 atom stereocenters. The van der Waals surface area contributed by atoms with Gasteiger partial charge in [-0.15, -0.1) is 0 Å². The molecule has 0 unspecified atom stereocenters. The van der Waals surface area contributed by atoms with Gasteiger partial charge in [0.2, 0.25) is 0 Å². The number of pyridine rings is 1. The number of aromatic nitrogens is 3. The predicted octanol–water partition coefficient (Wildman–Crippen LogP) is 4.85. The molecule has 0 aliphatic heterocycles. The van der Waals surface area contributed by atoms with Crippen LogP contribution in [0.1, 0.15) is 10.4 Å². The Morgan fingerprint density at radius 3 is 2.75 bits per heavy atom. The highest BCUT2D eigenvalue weighted by Gasteiger charge is 2.17. The maximum Gasteiger partial charge on any atom is 0.254 e. The topological polar surface area (TPSA) is 84.5 Å². The lowest BCUT2D eigenvalue weighted by molar-refractivity contribution is 0.0964. The van der Waals surface area contributed by atoms with Crippen LogP contribution in [0, 0.1) is 0 Å². The van der Waals surface area contributed by atoms with Crippen molar-refractivity contribution in [3.63, 3.8) is 0 Å². The number of hydrogen-bond acceptors (Lipinski definition) is 5. The molecular weight excluding hydrogens is 402 g/mol. The van der Waals surface area contributed by atoms with E-state index in [1.54, 1.807) is 7.05 Å². The Labute approximate surface area is 182 Å². The molecule has 6 aromatic rings. The largest absolute Gasteiger partial charge is 0.463 e. The molecule has 7 nitrogen and oxygen atoms in total. The van der Waals surface area contributed by atoms with Crippen molar-refractivity contribution in [3.05, 3.63) is 72.8 Å². The van der Waals surface area contributed by atoms with Crippen LogP contribution in [0.4, 0.5) is 5.69 Å². The van der Waals surface area contributed by atoms with E-state index in [-0.39, 0.29) is 5.91 Å². The third kappa shape index (κ3) is 2.58. The van der Waals surface area contributed by atoms with Crippen LogP contribution in [0.3, 0.4) is 0 Å². The van der Waals surface area contributed by atoms with Gasteiger partial charge < -0.3 is 15.1 Å². The van der Waals surface area contributed by atoms with Gasteiger partial charge in [0.25, 0.3) is 5.91 Å². The summed E-state index contributed by atoms with van der Waals surface area (Å²) in [5.74, 6) is -0.191. The summed E-state index contributed by atoms with van der Waals surface area (Å²) in [5.41, 5.74) is 7.40. The third-order valence-corrected chi connectivity index (χ3v) is 5.91. The molecule has 0 saturated carbocycles. The summed E-state index contributed by atoms with van der Waals surface area (Å²) in [7, 11) is 3.46. The minimum absolute atomic E-state index is 0.191. The molecule has 6 rings (SSSR count). The lowest BCUT2D eigenvalue weighted by Gasteiger charge is -2.11. The number of fused-ring (bicyclic) bond motifs is 6. The van der Waals surface area contributed by atoms with Crippen molar-refractivity contribution < 1.29 is 9.21 Å². The van der Waals surface area contributed by atoms with Crippen molar-refractivity contribution in [1.29, 1.82) is 0 Å². The smallest absolute Gasteiger partial charge is 0.254 e. The van der Waals surface area contributed by atoms with Crippen LogP contribution in [0.15, 0.2) is 71.6 Å². The molecule has 1 amide bonds. The van der Waals surface area contributed by atoms with Crippen molar-refractivity contribution in [3.8, 4) is 11.3 Å². The highest BCUT2D eigenvalue weighted by Crippen LogP contribution is 2.35. The molecule has 2 aromatic carbocycles. The molecule has 32 heavy (non-hydrogen) atoms. The molecule has 0 aliphatic rings. The predicted molar refractivity (Wildman–Crippen MR) is 126 cm³/mol. The number of nitrogens with zero attached hydrogens (tertiary/aromatic N) is 3. The van der Waals surface area contributed by atoms with Gasteiger partial charge >= 0.3 is 0 Å². The van der Waals surface area contributed by atoms with Crippen molar-refractivity contribution in [2.75, 3.05) is 19.4 Å². The minimum Gasteiger partial charge on any atom is -0.463 e. The summed E-state index contributed by atoms with van der Waals surface area (Å²) in [4.78, 5) is 21.9. The molecule has 7 heteroatoms. The summed E-state index contributed by atoms with van der Waals surface area (Å²) in [6, 6.07) is 18.1. The molecule has 2 N–H and O–H groups in total. The number of para-hydroxylation sites is 1. The summed E-state index contributed by atoms with van der Waals surface area (Å²) < 4.78 is 7.70. The number of carbonyl (C=O) groups excluding carboxylic acids is 1. The van der Waals surface area contributed by atoms with E-state index in [1.807, 2.05) is 49.8 Å². The molecule has 0 bridgehead atoms. The number of hydrogen-bond donors (Lipinski definition) is 2. The van der Waals surface area contributed by atoms with Crippen LogP contribution in [-0.2, 0) is 0 Å². The average molecular weight is 421 g/mol. The van der Waals surface area contributed by atoms with Crippen LogP contribution in [0.5, 0.6) is 0 Å². The summed E-state index contributed by atoms with van der Waals surface area (Å²) in [6.45, 7) is 0. The molecule has 156 valence electrons. The van der Waals surface area contributed by atoms with E-state index in [2.05, 4.69) is 38.2 Å². The van der Waals surface area contributed by atoms with Crippen LogP contribution in [-0.4, -0.2) is 34.4 Å². The number of benzene rings is 2. The zero-order chi connectivity index (χ0) is 21.8. The van der Waals surface area contributed by atoms with Gasteiger partial charge in [-0.25, -0.2) is 9.97 Å². The summed E-state index contributed by atoms with van der Waals surface area (Å²) >= 11 is 0. The number of rotatable bonds is 3. The molecule has 0 spiro atoms. The van der Waals surface area contributed by atoms with Crippen molar-refractivity contribution >= 4 is 50.0 Å². The van der Waals surface area contributed by atoms with Gasteiger partial charge in [-0.2, -0.15) is 0 Å². The molecule has 0 radical (unpaired) electrons. The molecule has 4 aromatic heterocycles. The van der Waals surface area contributed by atoms with E-state index in [1.165, 1.54) is 6.26 Å². The molecular formula is C25H19N5O2. The molecule has 0 fully saturated rings. The number of amides is 1. The van der Waals surface area contributed by atoms with E-state index in [4.69, 9.17) is 9.40 Å². The quantitative estimate of drug-likeness (QED) is 0.427. The van der Waals surface area contributed by atoms with Gasteiger partial charge in [-0.05, 0) is 30.3 Å². The van der Waals surface area contributed by atoms with Gasteiger partial charge in [0.15, 0.2) is 0 Å². The minimum atomic E-state index is -0.191. The lowest BCUT2D eigenvalue weighted by Crippen LogP contribution is -2.17. The fraction of sp³-hybridized carbons (Fsp3) is 0.0800. The van der Waals surface area contributed by atoms with Gasteiger partial charge in [-0.1, -0.05) is 18.2 Å². The van der Waals surface area contributed by atoms with Gasteiger partial charge in [0.1, 0.15) is 23.7 Å². The standard InChI is InChI=1S/C25H19N5O2/c1-26-20-11-23-15(17(12-32-23)25(31)27-2)10-16(20)18-7-8-19-24(29-18)22-9-14-5-3-4-6-21(14)30(22)13-28-19/h3-13,26H,1-2H3,(H,27,31). The normalized spacial score (nSPS) is 11.6. The van der Waals surface area contributed by atoms with Crippen LogP contribution >= 0.6 is 0 Å². The van der Waals surface area contributed by atoms with E-state index in [0.29, 0.717) is 11.1 Å². The highest BCUT2D eigenvalue weighted by atomic mass is 16.3. The van der Waals surface area contributed by atoms with E-state index in [0.717, 1.165) is 49.8 Å². The highest BCUT2D eigenvalue weighted by molar-refractivity contribution is 6.08. The van der Waals surface area contributed by atoms with Gasteiger partial charge in [0, 0.05) is 42.2 Å². The first kappa shape index (κ1) is 18.4. The Morgan fingerprint density at radius 2 is 1.91 bits per heavy atom. The van der Waals surface area contributed by atoms with Crippen molar-refractivity contribution in [2.45, 2.75) is 0 Å². The zero-order valence-electron chi connectivity index (χ0n) is 17.5. The molecule has 0 aliphatic carbocycles. The number of nitrogens with one attached hydrogen (secondary N) is 2. The first-order valence-electron chi connectivity index (χ1n) is 10.3. The SMILES string of the molecule is CNC(=O)c1coc2cc(NC)c(-c3ccc4ncn5c6ccccc6cc5c4n3)cc12. The maximum absolute atomic E-state index is 12.3. The fourth-order valence-corrected chi connectivity index (χ4v) is 4.30. The lowest BCUT2D eigenvalue weighted by atomic mass is 10.0.